The summed E-state index contributed by atoms with van der Waals surface area (Å²) in [7, 11) is 0. The molecule has 0 aromatic carbocycles. The van der Waals surface area contributed by atoms with Gasteiger partial charge in [-0.2, -0.15) is 0 Å². The SMILES string of the molecule is CCCn1nnnc1CN1CC2CNCC2C1C. The van der Waals surface area contributed by atoms with E-state index in [0.717, 1.165) is 37.2 Å². The molecule has 3 rings (SSSR count). The van der Waals surface area contributed by atoms with Crippen molar-refractivity contribution in [2.45, 2.75) is 39.4 Å². The van der Waals surface area contributed by atoms with Crippen molar-refractivity contribution in [2.24, 2.45) is 11.8 Å². The fourth-order valence-corrected chi connectivity index (χ4v) is 3.37. The van der Waals surface area contributed by atoms with Crippen molar-refractivity contribution in [3.05, 3.63) is 5.82 Å². The molecule has 1 aromatic heterocycles. The molecule has 0 saturated carbocycles. The van der Waals surface area contributed by atoms with Crippen LogP contribution in [-0.2, 0) is 13.1 Å². The van der Waals surface area contributed by atoms with Crippen LogP contribution < -0.4 is 5.32 Å². The van der Waals surface area contributed by atoms with Gasteiger partial charge in [0.05, 0.1) is 6.54 Å². The third kappa shape index (κ3) is 2.03. The summed E-state index contributed by atoms with van der Waals surface area (Å²) in [5, 5.41) is 15.5. The summed E-state index contributed by atoms with van der Waals surface area (Å²) >= 11 is 0. The summed E-state index contributed by atoms with van der Waals surface area (Å²) < 4.78 is 1.94. The molecule has 18 heavy (non-hydrogen) atoms. The third-order valence-electron chi connectivity index (χ3n) is 4.44. The van der Waals surface area contributed by atoms with E-state index >= 15 is 0 Å². The smallest absolute Gasteiger partial charge is 0.165 e. The Kier molecular flexibility index (Phi) is 3.30. The number of fused-ring (bicyclic) bond motifs is 1. The Labute approximate surface area is 108 Å². The third-order valence-corrected chi connectivity index (χ3v) is 4.44. The Morgan fingerprint density at radius 1 is 1.39 bits per heavy atom. The van der Waals surface area contributed by atoms with Crippen molar-refractivity contribution in [1.82, 2.24) is 30.4 Å². The highest BCUT2D eigenvalue weighted by Crippen LogP contribution is 2.32. The first-order valence-corrected chi connectivity index (χ1v) is 6.99. The molecule has 0 spiro atoms. The second-order valence-electron chi connectivity index (χ2n) is 5.57. The van der Waals surface area contributed by atoms with Crippen molar-refractivity contribution in [3.8, 4) is 0 Å². The van der Waals surface area contributed by atoms with E-state index < -0.39 is 0 Å². The fraction of sp³-hybridized carbons (Fsp3) is 0.917. The van der Waals surface area contributed by atoms with Gasteiger partial charge in [-0.25, -0.2) is 4.68 Å². The van der Waals surface area contributed by atoms with E-state index in [1.165, 1.54) is 19.6 Å². The van der Waals surface area contributed by atoms with E-state index in [9.17, 15) is 0 Å². The molecule has 0 radical (unpaired) electrons. The second-order valence-corrected chi connectivity index (χ2v) is 5.57. The summed E-state index contributed by atoms with van der Waals surface area (Å²) in [5.74, 6) is 2.63. The van der Waals surface area contributed by atoms with E-state index in [4.69, 9.17) is 0 Å². The monoisotopic (exact) mass is 250 g/mol. The highest BCUT2D eigenvalue weighted by atomic mass is 15.5. The molecule has 100 valence electrons. The van der Waals surface area contributed by atoms with Gasteiger partial charge in [-0.3, -0.25) is 4.90 Å². The summed E-state index contributed by atoms with van der Waals surface area (Å²) in [5.41, 5.74) is 0. The molecular weight excluding hydrogens is 228 g/mol. The highest BCUT2D eigenvalue weighted by molar-refractivity contribution is 4.98. The van der Waals surface area contributed by atoms with Crippen molar-refractivity contribution >= 4 is 0 Å². The minimum Gasteiger partial charge on any atom is -0.316 e. The maximum atomic E-state index is 4.17. The quantitative estimate of drug-likeness (QED) is 0.822. The molecule has 0 bridgehead atoms. The van der Waals surface area contributed by atoms with Gasteiger partial charge in [0.1, 0.15) is 0 Å². The number of hydrogen-bond acceptors (Lipinski definition) is 5. The van der Waals surface area contributed by atoms with E-state index in [1.54, 1.807) is 0 Å². The predicted octanol–water partition coefficient (Wildman–Crippen LogP) is 0.123. The Hall–Kier alpha value is -1.01. The lowest BCUT2D eigenvalue weighted by molar-refractivity contribution is 0.221. The number of nitrogens with zero attached hydrogens (tertiary/aromatic N) is 5. The molecule has 6 nitrogen and oxygen atoms in total. The molecule has 0 amide bonds. The molecule has 3 atom stereocenters. The largest absolute Gasteiger partial charge is 0.316 e. The van der Waals surface area contributed by atoms with Gasteiger partial charge in [-0.15, -0.1) is 5.10 Å². The lowest BCUT2D eigenvalue weighted by Gasteiger charge is -2.23. The van der Waals surface area contributed by atoms with E-state index in [-0.39, 0.29) is 0 Å². The van der Waals surface area contributed by atoms with Crippen LogP contribution in [0.1, 0.15) is 26.1 Å². The maximum absolute atomic E-state index is 4.17. The lowest BCUT2D eigenvalue weighted by Crippen LogP contribution is -2.33. The molecule has 1 aromatic rings. The van der Waals surface area contributed by atoms with Crippen LogP contribution in [0.5, 0.6) is 0 Å². The van der Waals surface area contributed by atoms with Crippen LogP contribution in [0.25, 0.3) is 0 Å². The normalized spacial score (nSPS) is 32.0. The molecule has 2 saturated heterocycles. The highest BCUT2D eigenvalue weighted by Gasteiger charge is 2.41. The minimum absolute atomic E-state index is 0.636. The van der Waals surface area contributed by atoms with Gasteiger partial charge in [0.15, 0.2) is 5.82 Å². The number of tetrazole rings is 1. The number of rotatable bonds is 4. The van der Waals surface area contributed by atoms with Crippen molar-refractivity contribution in [2.75, 3.05) is 19.6 Å². The van der Waals surface area contributed by atoms with Gasteiger partial charge >= 0.3 is 0 Å². The Morgan fingerprint density at radius 3 is 3.06 bits per heavy atom. The van der Waals surface area contributed by atoms with Gasteiger partial charge in [-0.05, 0) is 48.7 Å². The first-order chi connectivity index (χ1) is 8.79. The van der Waals surface area contributed by atoms with Crippen molar-refractivity contribution < 1.29 is 0 Å². The van der Waals surface area contributed by atoms with Crippen molar-refractivity contribution in [3.63, 3.8) is 0 Å². The van der Waals surface area contributed by atoms with Crippen LogP contribution in [0.15, 0.2) is 0 Å². The summed E-state index contributed by atoms with van der Waals surface area (Å²) in [6.45, 7) is 9.82. The second kappa shape index (κ2) is 4.93. The van der Waals surface area contributed by atoms with Crippen LogP contribution in [-0.4, -0.2) is 50.8 Å². The van der Waals surface area contributed by atoms with Crippen LogP contribution in [0.3, 0.4) is 0 Å². The van der Waals surface area contributed by atoms with Gasteiger partial charge < -0.3 is 5.32 Å². The Balaban J connectivity index is 1.68. The van der Waals surface area contributed by atoms with Gasteiger partial charge in [0.25, 0.3) is 0 Å². The first-order valence-electron chi connectivity index (χ1n) is 6.99. The summed E-state index contributed by atoms with van der Waals surface area (Å²) in [4.78, 5) is 2.54. The number of nitrogens with one attached hydrogen (secondary N) is 1. The van der Waals surface area contributed by atoms with Crippen LogP contribution in [0, 0.1) is 11.8 Å². The maximum Gasteiger partial charge on any atom is 0.165 e. The number of aryl methyl sites for hydroxylation is 1. The Bertz CT molecular complexity index is 403. The fourth-order valence-electron chi connectivity index (χ4n) is 3.37. The van der Waals surface area contributed by atoms with Crippen LogP contribution >= 0.6 is 0 Å². The predicted molar refractivity (Wildman–Crippen MR) is 67.8 cm³/mol. The zero-order valence-electron chi connectivity index (χ0n) is 11.2. The molecule has 6 heteroatoms. The topological polar surface area (TPSA) is 58.9 Å². The molecule has 3 unspecified atom stereocenters. The molecule has 1 N–H and O–H groups in total. The Morgan fingerprint density at radius 2 is 2.28 bits per heavy atom. The van der Waals surface area contributed by atoms with Crippen molar-refractivity contribution in [1.29, 1.82) is 0 Å². The average Bonchev–Trinajstić information content (AvgIpc) is 3.02. The van der Waals surface area contributed by atoms with E-state index in [2.05, 4.69) is 39.6 Å². The lowest BCUT2D eigenvalue weighted by atomic mass is 9.95. The molecule has 2 aliphatic heterocycles. The van der Waals surface area contributed by atoms with E-state index in [0.29, 0.717) is 6.04 Å². The number of hydrogen-bond donors (Lipinski definition) is 1. The summed E-state index contributed by atoms with van der Waals surface area (Å²) in [6.07, 6.45) is 1.07. The van der Waals surface area contributed by atoms with Gasteiger partial charge in [0, 0.05) is 19.1 Å². The molecule has 3 heterocycles. The van der Waals surface area contributed by atoms with Crippen LogP contribution in [0.4, 0.5) is 0 Å². The number of likely N-dealkylation sites (tertiary alicyclic amines) is 1. The van der Waals surface area contributed by atoms with Gasteiger partial charge in [0.2, 0.25) is 0 Å². The molecule has 2 aliphatic rings. The molecule has 0 aliphatic carbocycles. The minimum atomic E-state index is 0.636. The molecular formula is C12H22N6. The van der Waals surface area contributed by atoms with E-state index in [1.807, 2.05) is 4.68 Å². The zero-order valence-corrected chi connectivity index (χ0v) is 11.2. The average molecular weight is 250 g/mol. The zero-order chi connectivity index (χ0) is 12.5. The van der Waals surface area contributed by atoms with Gasteiger partial charge in [-0.1, -0.05) is 6.92 Å². The standard InChI is InChI=1S/C12H22N6/c1-3-4-18-12(14-15-16-18)8-17-7-10-5-13-6-11(10)9(17)2/h9-11,13H,3-8H2,1-2H3. The molecule has 2 fully saturated rings. The summed E-state index contributed by atoms with van der Waals surface area (Å²) in [6, 6.07) is 0.636. The number of aromatic nitrogens is 4. The first kappa shape index (κ1) is 12.0. The van der Waals surface area contributed by atoms with Crippen LogP contribution in [0.2, 0.25) is 0 Å².